The number of hydrogen-bond donors (Lipinski definition) is 1. The fourth-order valence-electron chi connectivity index (χ4n) is 1.61. The van der Waals surface area contributed by atoms with Gasteiger partial charge in [-0.2, -0.15) is 0 Å². The Bertz CT molecular complexity index is 473. The summed E-state index contributed by atoms with van der Waals surface area (Å²) in [6.45, 7) is 0. The highest BCUT2D eigenvalue weighted by atomic mass is 16.3. The lowest BCUT2D eigenvalue weighted by Crippen LogP contribution is -2.23. The molecule has 0 aliphatic heterocycles. The molecule has 0 amide bonds. The number of aromatic hydroxyl groups is 1. The molecule has 0 saturated heterocycles. The molecule has 1 aromatic carbocycles. The molecule has 1 aromatic rings. The number of benzene rings is 1. The van der Waals surface area contributed by atoms with Gasteiger partial charge in [0.2, 0.25) is 11.6 Å². The Morgan fingerprint density at radius 2 is 1.53 bits per heavy atom. The summed E-state index contributed by atoms with van der Waals surface area (Å²) in [4.78, 5) is 33.6. The fourth-order valence-corrected chi connectivity index (χ4v) is 1.61. The summed E-state index contributed by atoms with van der Waals surface area (Å²) in [6.07, 6.45) is -0.158. The number of phenols is 1. The van der Waals surface area contributed by atoms with Crippen LogP contribution in [-0.4, -0.2) is 22.5 Å². The van der Waals surface area contributed by atoms with Crippen molar-refractivity contribution in [1.82, 2.24) is 0 Å². The molecule has 1 N–H and O–H groups in total. The van der Waals surface area contributed by atoms with Crippen molar-refractivity contribution in [3.8, 4) is 5.75 Å². The maximum atomic E-state index is 11.2. The Balaban J connectivity index is 2.51. The molecule has 4 heteroatoms. The average Bonchev–Trinajstić information content (AvgIpc) is 2.29. The number of phenolic OH excluding ortho intramolecular Hbond substituents is 1. The maximum Gasteiger partial charge on any atom is 0.264 e. The first kappa shape index (κ1) is 9.58. The minimum absolute atomic E-state index is 0.0309. The van der Waals surface area contributed by atoms with Crippen LogP contribution in [0, 0.1) is 0 Å². The maximum absolute atomic E-state index is 11.2. The van der Waals surface area contributed by atoms with Gasteiger partial charge in [-0.25, -0.2) is 0 Å². The summed E-state index contributed by atoms with van der Waals surface area (Å²) >= 11 is 0. The van der Waals surface area contributed by atoms with Crippen LogP contribution < -0.4 is 0 Å². The molecule has 1 aliphatic carbocycles. The zero-order valence-electron chi connectivity index (χ0n) is 7.82. The number of carbonyl (C=O) groups is 3. The molecule has 15 heavy (non-hydrogen) atoms. The van der Waals surface area contributed by atoms with Gasteiger partial charge in [-0.3, -0.25) is 14.4 Å². The van der Waals surface area contributed by atoms with Gasteiger partial charge in [0.05, 0.1) is 0 Å². The monoisotopic (exact) mass is 204 g/mol. The first-order valence-corrected chi connectivity index (χ1v) is 4.49. The predicted molar refractivity (Wildman–Crippen MR) is 50.5 cm³/mol. The van der Waals surface area contributed by atoms with Crippen LogP contribution in [0.2, 0.25) is 0 Å². The molecule has 0 saturated carbocycles. The fraction of sp³-hybridized carbons (Fsp3) is 0.182. The summed E-state index contributed by atoms with van der Waals surface area (Å²) in [5.41, 5.74) is 1.19. The van der Waals surface area contributed by atoms with Gasteiger partial charge in [0.1, 0.15) is 5.75 Å². The van der Waals surface area contributed by atoms with Gasteiger partial charge in [-0.1, -0.05) is 6.07 Å². The average molecular weight is 204 g/mol. The third kappa shape index (κ3) is 1.66. The number of hydrogen-bond acceptors (Lipinski definition) is 4. The zero-order chi connectivity index (χ0) is 11.0. The number of carbonyl (C=O) groups excluding carboxylic acids is 3. The van der Waals surface area contributed by atoms with Gasteiger partial charge >= 0.3 is 0 Å². The number of ketones is 3. The van der Waals surface area contributed by atoms with Gasteiger partial charge in [0, 0.05) is 12.8 Å². The highest BCUT2D eigenvalue weighted by Crippen LogP contribution is 2.20. The molecule has 0 atom stereocenters. The lowest BCUT2D eigenvalue weighted by atomic mass is 10.0. The van der Waals surface area contributed by atoms with E-state index in [1.165, 1.54) is 12.1 Å². The van der Waals surface area contributed by atoms with Gasteiger partial charge in [-0.05, 0) is 23.3 Å². The van der Waals surface area contributed by atoms with E-state index in [2.05, 4.69) is 0 Å². The third-order valence-corrected chi connectivity index (χ3v) is 2.40. The SMILES string of the molecule is O=C1Cc2ccc(O)cc2CC(=O)C1=O. The Morgan fingerprint density at radius 1 is 0.933 bits per heavy atom. The van der Waals surface area contributed by atoms with Crippen LogP contribution >= 0.6 is 0 Å². The molecular weight excluding hydrogens is 196 g/mol. The van der Waals surface area contributed by atoms with E-state index < -0.39 is 17.3 Å². The van der Waals surface area contributed by atoms with Crippen molar-refractivity contribution in [2.75, 3.05) is 0 Å². The van der Waals surface area contributed by atoms with Crippen LogP contribution in [0.1, 0.15) is 11.1 Å². The van der Waals surface area contributed by atoms with Crippen molar-refractivity contribution < 1.29 is 19.5 Å². The summed E-state index contributed by atoms with van der Waals surface area (Å²) in [5, 5.41) is 9.22. The van der Waals surface area contributed by atoms with Crippen LogP contribution in [0.25, 0.3) is 0 Å². The Morgan fingerprint density at radius 3 is 2.20 bits per heavy atom. The van der Waals surface area contributed by atoms with Gasteiger partial charge < -0.3 is 5.11 Å². The van der Waals surface area contributed by atoms with Crippen molar-refractivity contribution >= 4 is 17.3 Å². The van der Waals surface area contributed by atoms with E-state index in [1.54, 1.807) is 6.07 Å². The summed E-state index contributed by atoms with van der Waals surface area (Å²) in [5.74, 6) is -2.29. The summed E-state index contributed by atoms with van der Waals surface area (Å²) in [7, 11) is 0. The van der Waals surface area contributed by atoms with Crippen LogP contribution in [-0.2, 0) is 27.2 Å². The van der Waals surface area contributed by atoms with E-state index in [0.717, 1.165) is 0 Å². The van der Waals surface area contributed by atoms with E-state index in [4.69, 9.17) is 0 Å². The second kappa shape index (κ2) is 3.31. The van der Waals surface area contributed by atoms with E-state index >= 15 is 0 Å². The Labute approximate surface area is 85.5 Å². The normalized spacial score (nSPS) is 16.1. The molecule has 0 aromatic heterocycles. The highest BCUT2D eigenvalue weighted by molar-refractivity contribution is 6.64. The standard InChI is InChI=1S/C11H8O4/c12-8-2-1-6-4-9(13)11(15)10(14)5-7(6)3-8/h1-3,12H,4-5H2. The smallest absolute Gasteiger partial charge is 0.264 e. The minimum Gasteiger partial charge on any atom is -0.508 e. The Kier molecular flexibility index (Phi) is 2.11. The van der Waals surface area contributed by atoms with Crippen molar-refractivity contribution in [2.24, 2.45) is 0 Å². The molecule has 0 radical (unpaired) electrons. The molecule has 0 unspecified atom stereocenters. The minimum atomic E-state index is -0.939. The van der Waals surface area contributed by atoms with E-state index in [9.17, 15) is 19.5 Å². The third-order valence-electron chi connectivity index (χ3n) is 2.40. The number of rotatable bonds is 0. The molecular formula is C11H8O4. The van der Waals surface area contributed by atoms with Crippen molar-refractivity contribution in [1.29, 1.82) is 0 Å². The van der Waals surface area contributed by atoms with Gasteiger partial charge in [-0.15, -0.1) is 0 Å². The van der Waals surface area contributed by atoms with Crippen molar-refractivity contribution in [3.63, 3.8) is 0 Å². The number of fused-ring (bicyclic) bond motifs is 1. The van der Waals surface area contributed by atoms with Crippen LogP contribution in [0.3, 0.4) is 0 Å². The molecule has 76 valence electrons. The molecule has 1 aliphatic rings. The second-order valence-corrected chi connectivity index (χ2v) is 3.48. The van der Waals surface area contributed by atoms with Crippen molar-refractivity contribution in [3.05, 3.63) is 29.3 Å². The lowest BCUT2D eigenvalue weighted by molar-refractivity contribution is -0.143. The van der Waals surface area contributed by atoms with E-state index in [-0.39, 0.29) is 18.6 Å². The highest BCUT2D eigenvalue weighted by Gasteiger charge is 2.28. The zero-order valence-corrected chi connectivity index (χ0v) is 7.82. The van der Waals surface area contributed by atoms with Gasteiger partial charge in [0.25, 0.3) is 5.78 Å². The molecule has 0 heterocycles. The van der Waals surface area contributed by atoms with E-state index in [1.807, 2.05) is 0 Å². The lowest BCUT2D eigenvalue weighted by Gasteiger charge is -2.03. The molecule has 0 fully saturated rings. The van der Waals surface area contributed by atoms with Crippen LogP contribution in [0.4, 0.5) is 0 Å². The largest absolute Gasteiger partial charge is 0.508 e. The topological polar surface area (TPSA) is 71.4 Å². The predicted octanol–water partition coefficient (Wildman–Crippen LogP) is 0.198. The Hall–Kier alpha value is -1.97. The first-order valence-electron chi connectivity index (χ1n) is 4.49. The first-order chi connectivity index (χ1) is 7.08. The summed E-state index contributed by atoms with van der Waals surface area (Å²) in [6, 6.07) is 4.42. The quantitative estimate of drug-likeness (QED) is 0.484. The van der Waals surface area contributed by atoms with Crippen molar-refractivity contribution in [2.45, 2.75) is 12.8 Å². The van der Waals surface area contributed by atoms with E-state index in [0.29, 0.717) is 11.1 Å². The second-order valence-electron chi connectivity index (χ2n) is 3.48. The molecule has 4 nitrogen and oxygen atoms in total. The molecule has 0 bridgehead atoms. The number of Topliss-reactive ketones (excluding diaryl/α,β-unsaturated/α-hetero) is 3. The van der Waals surface area contributed by atoms with Crippen LogP contribution in [0.5, 0.6) is 5.75 Å². The molecule has 2 rings (SSSR count). The summed E-state index contributed by atoms with van der Waals surface area (Å²) < 4.78 is 0. The van der Waals surface area contributed by atoms with Crippen LogP contribution in [0.15, 0.2) is 18.2 Å². The molecule has 0 spiro atoms. The van der Waals surface area contributed by atoms with Gasteiger partial charge in [0.15, 0.2) is 0 Å².